The van der Waals surface area contributed by atoms with Crippen molar-refractivity contribution >= 4 is 45.3 Å². The molecule has 61 heavy (non-hydrogen) atoms. The molecule has 0 amide bonds. The number of hydrogen-bond donors (Lipinski definition) is 0. The molecule has 336 valence electrons. The van der Waals surface area contributed by atoms with Crippen LogP contribution in [-0.4, -0.2) is 0 Å². The minimum atomic E-state index is -0.664. The molecule has 0 saturated heterocycles. The fraction of sp³-hybridized carbons (Fsp3) is 0.585. The maximum atomic E-state index is 15.2. The van der Waals surface area contributed by atoms with E-state index in [1.54, 1.807) is 22.7 Å². The van der Waals surface area contributed by atoms with E-state index in [0.29, 0.717) is 16.2 Å². The largest absolute Gasteiger partial charge is 0.206 e. The summed E-state index contributed by atoms with van der Waals surface area (Å²) in [6, 6.07) is 15.5. The van der Waals surface area contributed by atoms with E-state index < -0.39 is 32.7 Å². The van der Waals surface area contributed by atoms with Gasteiger partial charge in [-0.3, -0.25) is 0 Å². The maximum Gasteiger partial charge on any atom is 0.179 e. The Balaban J connectivity index is 1.38. The summed E-state index contributed by atoms with van der Waals surface area (Å²) >= 11 is 5.28. The highest BCUT2D eigenvalue weighted by atomic mass is 32.1. The summed E-state index contributed by atoms with van der Waals surface area (Å²) < 4.78 is 58.9. The lowest BCUT2D eigenvalue weighted by atomic mass is 9.83. The first-order valence-corrected chi connectivity index (χ1v) is 27.0. The number of rotatable bonds is 29. The Morgan fingerprint density at radius 3 is 1.16 bits per heavy atom. The van der Waals surface area contributed by atoms with Gasteiger partial charge in [-0.2, -0.15) is 8.78 Å². The summed E-state index contributed by atoms with van der Waals surface area (Å²) in [5, 5.41) is -0.972. The van der Waals surface area contributed by atoms with Crippen molar-refractivity contribution in [1.82, 2.24) is 0 Å². The third-order valence-corrected chi connectivity index (χ3v) is 18.3. The second-order valence-electron chi connectivity index (χ2n) is 18.1. The fourth-order valence-corrected chi connectivity index (χ4v) is 13.5. The van der Waals surface area contributed by atoms with Crippen LogP contribution in [0.15, 0.2) is 48.5 Å². The Labute approximate surface area is 382 Å². The Bertz CT molecular complexity index is 2030. The van der Waals surface area contributed by atoms with Crippen molar-refractivity contribution in [2.75, 3.05) is 0 Å². The number of benzene rings is 1. The molecule has 0 spiro atoms. The molecule has 0 N–H and O–H groups in total. The molecule has 4 heterocycles. The van der Waals surface area contributed by atoms with Crippen LogP contribution < -0.4 is 0 Å². The van der Waals surface area contributed by atoms with Crippen molar-refractivity contribution in [2.45, 2.75) is 200 Å². The molecule has 0 fully saturated rings. The summed E-state index contributed by atoms with van der Waals surface area (Å²) in [6.07, 6.45) is 28.2. The maximum absolute atomic E-state index is 15.2. The normalized spacial score (nSPS) is 13.1. The lowest BCUT2D eigenvalue weighted by Crippen LogP contribution is -2.21. The van der Waals surface area contributed by atoms with E-state index in [1.165, 1.54) is 136 Å². The average molecular weight is 913 g/mol. The van der Waals surface area contributed by atoms with Gasteiger partial charge < -0.3 is 0 Å². The summed E-state index contributed by atoms with van der Waals surface area (Å²) in [6.45, 7) is 12.7. The topological polar surface area (TPSA) is 0 Å². The lowest BCUT2D eigenvalue weighted by Gasteiger charge is -2.26. The van der Waals surface area contributed by atoms with Gasteiger partial charge in [-0.1, -0.05) is 161 Å². The van der Waals surface area contributed by atoms with E-state index in [2.05, 4.69) is 64.1 Å². The van der Waals surface area contributed by atoms with Crippen LogP contribution in [0.5, 0.6) is 0 Å². The zero-order valence-electron chi connectivity index (χ0n) is 38.0. The van der Waals surface area contributed by atoms with Crippen LogP contribution >= 0.6 is 45.3 Å². The predicted octanol–water partition coefficient (Wildman–Crippen LogP) is 19.8. The van der Waals surface area contributed by atoms with Crippen molar-refractivity contribution in [3.8, 4) is 20.9 Å². The monoisotopic (exact) mass is 912 g/mol. The zero-order chi connectivity index (χ0) is 43.8. The highest BCUT2D eigenvalue weighted by molar-refractivity contribution is 7.17. The summed E-state index contributed by atoms with van der Waals surface area (Å²) in [5.41, 5.74) is 3.56. The molecule has 8 heteroatoms. The van der Waals surface area contributed by atoms with Crippen LogP contribution in [-0.2, 0) is 23.7 Å². The summed E-state index contributed by atoms with van der Waals surface area (Å²) in [7, 11) is 0. The molecule has 5 rings (SSSR count). The molecular weight excluding hydrogens is 841 g/mol. The van der Waals surface area contributed by atoms with E-state index in [9.17, 15) is 8.78 Å². The number of aryl methyl sites for hydroxylation is 2. The summed E-state index contributed by atoms with van der Waals surface area (Å²) in [5.74, 6) is -0.931. The Morgan fingerprint density at radius 2 is 0.787 bits per heavy atom. The third-order valence-electron chi connectivity index (χ3n) is 12.9. The van der Waals surface area contributed by atoms with E-state index in [-0.39, 0.29) is 0 Å². The molecule has 0 aliphatic rings. The van der Waals surface area contributed by atoms with E-state index in [1.807, 2.05) is 13.8 Å². The minimum Gasteiger partial charge on any atom is -0.206 e. The zero-order valence-corrected chi connectivity index (χ0v) is 41.3. The van der Waals surface area contributed by atoms with Gasteiger partial charge in [0, 0.05) is 42.5 Å². The second kappa shape index (κ2) is 24.7. The van der Waals surface area contributed by atoms with Crippen LogP contribution in [0.1, 0.15) is 207 Å². The first kappa shape index (κ1) is 49.8. The standard InChI is InChI=1S/C53H72F4S4/c1-7-10-12-14-16-18-20-22-24-26-28-40-34-44(52(4,5)50-42(54)36-46(56)60-50)58-48(40)38-30-32-39(33-31-38)49-41(29-27-25-23-21-19-17-15-13-11-8-2)35-45(59-49)53(6,9-3)51-43(55)37-47(57)61-51/h30-37H,7-29H2,1-6H3. The second-order valence-corrected chi connectivity index (χ2v) is 22.2. The Hall–Kier alpha value is -2.26. The molecule has 0 nitrogen and oxygen atoms in total. The van der Waals surface area contributed by atoms with Crippen LogP contribution in [0.3, 0.4) is 0 Å². The highest BCUT2D eigenvalue weighted by Crippen LogP contribution is 2.48. The minimum absolute atomic E-state index is 0.436. The Morgan fingerprint density at radius 1 is 0.426 bits per heavy atom. The molecule has 1 atom stereocenters. The van der Waals surface area contributed by atoms with Gasteiger partial charge in [0.15, 0.2) is 10.3 Å². The average Bonchev–Trinajstić information content (AvgIpc) is 4.04. The third kappa shape index (κ3) is 13.6. The van der Waals surface area contributed by atoms with Gasteiger partial charge in [0.1, 0.15) is 11.6 Å². The lowest BCUT2D eigenvalue weighted by molar-refractivity contribution is 0.521. The number of hydrogen-bond acceptors (Lipinski definition) is 4. The van der Waals surface area contributed by atoms with Gasteiger partial charge in [-0.15, -0.1) is 45.3 Å². The number of thiophene rings is 4. The van der Waals surface area contributed by atoms with Gasteiger partial charge >= 0.3 is 0 Å². The van der Waals surface area contributed by atoms with Crippen LogP contribution in [0.4, 0.5) is 17.6 Å². The van der Waals surface area contributed by atoms with Crippen LogP contribution in [0.2, 0.25) is 0 Å². The van der Waals surface area contributed by atoms with Crippen molar-refractivity contribution in [3.63, 3.8) is 0 Å². The number of halogens is 4. The van der Waals surface area contributed by atoms with Crippen molar-refractivity contribution < 1.29 is 17.6 Å². The molecule has 5 aromatic rings. The van der Waals surface area contributed by atoms with Crippen LogP contribution in [0, 0.1) is 21.9 Å². The Kier molecular flexibility index (Phi) is 20.2. The van der Waals surface area contributed by atoms with Crippen molar-refractivity contribution in [2.24, 2.45) is 0 Å². The van der Waals surface area contributed by atoms with Crippen LogP contribution in [0.25, 0.3) is 20.9 Å². The molecular formula is C53H72F4S4. The van der Waals surface area contributed by atoms with Gasteiger partial charge in [0.25, 0.3) is 0 Å². The molecule has 0 bridgehead atoms. The van der Waals surface area contributed by atoms with Gasteiger partial charge in [-0.25, -0.2) is 8.78 Å². The van der Waals surface area contributed by atoms with E-state index in [0.717, 1.165) is 81.4 Å². The van der Waals surface area contributed by atoms with Gasteiger partial charge in [0.05, 0.1) is 9.75 Å². The predicted molar refractivity (Wildman–Crippen MR) is 262 cm³/mol. The summed E-state index contributed by atoms with van der Waals surface area (Å²) in [4.78, 5) is 5.45. The molecule has 1 aromatic carbocycles. The highest BCUT2D eigenvalue weighted by Gasteiger charge is 2.35. The van der Waals surface area contributed by atoms with E-state index in [4.69, 9.17) is 0 Å². The molecule has 0 radical (unpaired) electrons. The molecule has 0 aliphatic heterocycles. The quantitative estimate of drug-likeness (QED) is 0.0331. The molecule has 1 unspecified atom stereocenters. The number of unbranched alkanes of at least 4 members (excludes halogenated alkanes) is 18. The first-order valence-electron chi connectivity index (χ1n) is 23.7. The smallest absolute Gasteiger partial charge is 0.179 e. The first-order chi connectivity index (χ1) is 29.4. The van der Waals surface area contributed by atoms with Gasteiger partial charge in [-0.05, 0) is 87.3 Å². The van der Waals surface area contributed by atoms with E-state index >= 15 is 8.78 Å². The molecule has 0 saturated carbocycles. The fourth-order valence-electron chi connectivity index (χ4n) is 8.72. The van der Waals surface area contributed by atoms with Crippen molar-refractivity contribution in [1.29, 1.82) is 0 Å². The molecule has 4 aromatic heterocycles. The SMILES string of the molecule is CCCCCCCCCCCCc1cc(C(C)(C)c2sc(F)cc2F)sc1-c1ccc(-c2sc(C(C)(CC)c3sc(F)cc3F)cc2CCCCCCCCCCCC)cc1. The molecule has 0 aliphatic carbocycles. The van der Waals surface area contributed by atoms with Gasteiger partial charge in [0.2, 0.25) is 0 Å². The van der Waals surface area contributed by atoms with Crippen molar-refractivity contribution in [3.05, 3.63) is 101 Å².